The Bertz CT molecular complexity index is 398. The Morgan fingerprint density at radius 3 is 2.64 bits per heavy atom. The lowest BCUT2D eigenvalue weighted by atomic mass is 9.99. The molecule has 0 fully saturated rings. The average Bonchev–Trinajstić information content (AvgIpc) is 2.61. The molecule has 1 unspecified atom stereocenters. The van der Waals surface area contributed by atoms with Crippen LogP contribution in [0.4, 0.5) is 0 Å². The predicted octanol–water partition coefficient (Wildman–Crippen LogP) is 0.336. The quantitative estimate of drug-likeness (QED) is 0.537. The topological polar surface area (TPSA) is 58.5 Å². The zero-order valence-electron chi connectivity index (χ0n) is 7.31. The number of benzene rings is 1. The first-order chi connectivity index (χ1) is 6.83. The maximum Gasteiger partial charge on any atom is 0.256 e. The number of aldehydes is 1. The molecule has 1 aliphatic rings. The van der Waals surface area contributed by atoms with Crippen LogP contribution in [0.1, 0.15) is 5.56 Å². The van der Waals surface area contributed by atoms with E-state index in [4.69, 9.17) is 0 Å². The Morgan fingerprint density at radius 1 is 1.29 bits per heavy atom. The van der Waals surface area contributed by atoms with Crippen LogP contribution in [0, 0.1) is 5.92 Å². The summed E-state index contributed by atoms with van der Waals surface area (Å²) in [6.07, 6.45) is 0.605. The monoisotopic (exact) mass is 188 g/mol. The Hall–Kier alpha value is -1.97. The molecule has 0 spiro atoms. The number of rotatable bonds is 2. The van der Waals surface area contributed by atoms with E-state index < -0.39 is 5.92 Å². The van der Waals surface area contributed by atoms with Gasteiger partial charge in [0, 0.05) is 0 Å². The number of carbonyl (C=O) groups excluding carboxylic acids is 2. The van der Waals surface area contributed by atoms with Gasteiger partial charge in [0.05, 0.1) is 5.71 Å². The molecule has 0 saturated carbocycles. The van der Waals surface area contributed by atoms with Crippen LogP contribution in [0.15, 0.2) is 35.4 Å². The molecule has 1 atom stereocenters. The number of nitrogens with zero attached hydrogens (tertiary/aromatic N) is 1. The lowest BCUT2D eigenvalue weighted by Gasteiger charge is -2.01. The Kier molecular flexibility index (Phi) is 2.10. The Morgan fingerprint density at radius 2 is 2.00 bits per heavy atom. The van der Waals surface area contributed by atoms with E-state index in [1.54, 1.807) is 0 Å². The van der Waals surface area contributed by atoms with Crippen molar-refractivity contribution >= 4 is 17.9 Å². The van der Waals surface area contributed by atoms with Crippen molar-refractivity contribution in [2.75, 3.05) is 0 Å². The number of hydrazone groups is 1. The SMILES string of the molecule is O=CC1C(=O)NN=C1c1ccccc1. The molecule has 1 aliphatic heterocycles. The van der Waals surface area contributed by atoms with Crippen LogP contribution in [0.2, 0.25) is 0 Å². The molecule has 2 rings (SSSR count). The van der Waals surface area contributed by atoms with E-state index in [1.165, 1.54) is 0 Å². The molecule has 4 nitrogen and oxygen atoms in total. The summed E-state index contributed by atoms with van der Waals surface area (Å²) in [7, 11) is 0. The van der Waals surface area contributed by atoms with Crippen LogP contribution >= 0.6 is 0 Å². The molecule has 0 saturated heterocycles. The normalized spacial score (nSPS) is 20.1. The molecule has 1 aromatic carbocycles. The molecule has 0 aliphatic carbocycles. The average molecular weight is 188 g/mol. The third-order valence-electron chi connectivity index (χ3n) is 2.07. The zero-order valence-corrected chi connectivity index (χ0v) is 7.31. The van der Waals surface area contributed by atoms with Crippen LogP contribution in [-0.2, 0) is 9.59 Å². The van der Waals surface area contributed by atoms with Gasteiger partial charge in [-0.15, -0.1) is 0 Å². The van der Waals surface area contributed by atoms with E-state index >= 15 is 0 Å². The largest absolute Gasteiger partial charge is 0.302 e. The summed E-state index contributed by atoms with van der Waals surface area (Å²) in [6.45, 7) is 0. The number of hydrogen-bond donors (Lipinski definition) is 1. The van der Waals surface area contributed by atoms with Gasteiger partial charge < -0.3 is 4.79 Å². The van der Waals surface area contributed by atoms with Gasteiger partial charge in [0.2, 0.25) is 0 Å². The second-order valence-corrected chi connectivity index (χ2v) is 2.95. The minimum absolute atomic E-state index is 0.362. The summed E-state index contributed by atoms with van der Waals surface area (Å²) in [5.41, 5.74) is 3.57. The lowest BCUT2D eigenvalue weighted by Crippen LogP contribution is -2.24. The molecule has 0 aromatic heterocycles. The first-order valence-corrected chi connectivity index (χ1v) is 4.21. The summed E-state index contributed by atoms with van der Waals surface area (Å²) < 4.78 is 0. The minimum Gasteiger partial charge on any atom is -0.302 e. The van der Waals surface area contributed by atoms with Crippen LogP contribution in [0.25, 0.3) is 0 Å². The maximum atomic E-state index is 11.1. The van der Waals surface area contributed by atoms with Crippen molar-refractivity contribution in [3.05, 3.63) is 35.9 Å². The number of nitrogens with one attached hydrogen (secondary N) is 1. The molecule has 0 bridgehead atoms. The fourth-order valence-corrected chi connectivity index (χ4v) is 1.36. The molecule has 70 valence electrons. The van der Waals surface area contributed by atoms with Crippen LogP contribution in [0.5, 0.6) is 0 Å². The molecule has 1 aromatic rings. The van der Waals surface area contributed by atoms with Crippen LogP contribution in [-0.4, -0.2) is 17.9 Å². The van der Waals surface area contributed by atoms with E-state index in [0.29, 0.717) is 12.0 Å². The highest BCUT2D eigenvalue weighted by Gasteiger charge is 2.30. The summed E-state index contributed by atoms with van der Waals surface area (Å²) >= 11 is 0. The van der Waals surface area contributed by atoms with Gasteiger partial charge in [0.25, 0.3) is 5.91 Å². The van der Waals surface area contributed by atoms with Crippen molar-refractivity contribution in [1.82, 2.24) is 5.43 Å². The highest BCUT2D eigenvalue weighted by atomic mass is 16.2. The summed E-state index contributed by atoms with van der Waals surface area (Å²) in [5.74, 6) is -1.13. The van der Waals surface area contributed by atoms with Gasteiger partial charge in [-0.3, -0.25) is 4.79 Å². The van der Waals surface area contributed by atoms with Crippen LogP contribution in [0.3, 0.4) is 0 Å². The van der Waals surface area contributed by atoms with Gasteiger partial charge in [-0.25, -0.2) is 5.43 Å². The summed E-state index contributed by atoms with van der Waals surface area (Å²) in [4.78, 5) is 21.8. The second-order valence-electron chi connectivity index (χ2n) is 2.95. The number of carbonyl (C=O) groups is 2. The summed E-state index contributed by atoms with van der Waals surface area (Å²) in [6, 6.07) is 9.17. The van der Waals surface area contributed by atoms with Crippen molar-refractivity contribution < 1.29 is 9.59 Å². The van der Waals surface area contributed by atoms with Gasteiger partial charge in [0.15, 0.2) is 0 Å². The van der Waals surface area contributed by atoms with Gasteiger partial charge in [-0.1, -0.05) is 30.3 Å². The van der Waals surface area contributed by atoms with Gasteiger partial charge in [0.1, 0.15) is 12.2 Å². The highest BCUT2D eigenvalue weighted by Crippen LogP contribution is 2.12. The lowest BCUT2D eigenvalue weighted by molar-refractivity contribution is -0.125. The third-order valence-corrected chi connectivity index (χ3v) is 2.07. The minimum atomic E-state index is -0.766. The molecule has 14 heavy (non-hydrogen) atoms. The molecule has 1 heterocycles. The van der Waals surface area contributed by atoms with Crippen molar-refractivity contribution in [1.29, 1.82) is 0 Å². The fourth-order valence-electron chi connectivity index (χ4n) is 1.36. The van der Waals surface area contributed by atoms with Crippen molar-refractivity contribution in [3.8, 4) is 0 Å². The van der Waals surface area contributed by atoms with Crippen LogP contribution < -0.4 is 5.43 Å². The van der Waals surface area contributed by atoms with E-state index in [1.807, 2.05) is 30.3 Å². The Labute approximate surface area is 80.6 Å². The number of amides is 1. The molecule has 0 radical (unpaired) electrons. The molecule has 4 heteroatoms. The van der Waals surface area contributed by atoms with E-state index in [0.717, 1.165) is 5.56 Å². The van der Waals surface area contributed by atoms with Gasteiger partial charge in [-0.05, 0) is 5.56 Å². The molecular formula is C10H8N2O2. The van der Waals surface area contributed by atoms with Gasteiger partial charge >= 0.3 is 0 Å². The van der Waals surface area contributed by atoms with E-state index in [-0.39, 0.29) is 5.91 Å². The first-order valence-electron chi connectivity index (χ1n) is 4.21. The highest BCUT2D eigenvalue weighted by molar-refractivity contribution is 6.23. The van der Waals surface area contributed by atoms with Gasteiger partial charge in [-0.2, -0.15) is 5.10 Å². The predicted molar refractivity (Wildman–Crippen MR) is 50.7 cm³/mol. The van der Waals surface area contributed by atoms with E-state index in [9.17, 15) is 9.59 Å². The fraction of sp³-hybridized carbons (Fsp3) is 0.100. The van der Waals surface area contributed by atoms with Crippen molar-refractivity contribution in [2.45, 2.75) is 0 Å². The smallest absolute Gasteiger partial charge is 0.256 e. The summed E-state index contributed by atoms with van der Waals surface area (Å²) in [5, 5.41) is 3.83. The molecular weight excluding hydrogens is 180 g/mol. The molecule has 1 N–H and O–H groups in total. The van der Waals surface area contributed by atoms with Crippen molar-refractivity contribution in [3.63, 3.8) is 0 Å². The maximum absolute atomic E-state index is 11.1. The van der Waals surface area contributed by atoms with Crippen molar-refractivity contribution in [2.24, 2.45) is 11.0 Å². The third kappa shape index (κ3) is 1.31. The standard InChI is InChI=1S/C10H8N2O2/c13-6-8-9(11-12-10(8)14)7-4-2-1-3-5-7/h1-6,8H,(H,12,14). The zero-order chi connectivity index (χ0) is 9.97. The van der Waals surface area contributed by atoms with E-state index in [2.05, 4.69) is 10.5 Å². The Balaban J connectivity index is 2.37. The second kappa shape index (κ2) is 3.41. The number of hydrogen-bond acceptors (Lipinski definition) is 3. The molecule has 1 amide bonds. The first kappa shape index (κ1) is 8.62.